The molecule has 0 unspecified atom stereocenters. The molecule has 0 amide bonds. The zero-order valence-electron chi connectivity index (χ0n) is 7.22. The third-order valence-electron chi connectivity index (χ3n) is 1.83. The van der Waals surface area contributed by atoms with Gasteiger partial charge < -0.3 is 11.5 Å². The molecule has 0 radical (unpaired) electrons. The summed E-state index contributed by atoms with van der Waals surface area (Å²) in [4.78, 5) is 3.78. The van der Waals surface area contributed by atoms with Gasteiger partial charge in [-0.05, 0) is 18.6 Å². The maximum absolute atomic E-state index is 12.3. The van der Waals surface area contributed by atoms with Crippen LogP contribution in [0.3, 0.4) is 0 Å². The van der Waals surface area contributed by atoms with Gasteiger partial charge in [0.15, 0.2) is 0 Å². The second kappa shape index (κ2) is 3.66. The van der Waals surface area contributed by atoms with Crippen LogP contribution in [-0.2, 0) is 6.54 Å². The predicted molar refractivity (Wildman–Crippen MR) is 46.2 cm³/mol. The van der Waals surface area contributed by atoms with E-state index in [2.05, 4.69) is 4.98 Å². The first-order chi connectivity index (χ1) is 6.06. The third kappa shape index (κ3) is 1.92. The van der Waals surface area contributed by atoms with Gasteiger partial charge in [0.25, 0.3) is 6.43 Å². The number of anilines is 1. The van der Waals surface area contributed by atoms with E-state index in [1.54, 1.807) is 6.92 Å². The molecule has 1 rings (SSSR count). The molecule has 0 saturated heterocycles. The molecule has 0 aliphatic heterocycles. The number of aromatic nitrogens is 1. The van der Waals surface area contributed by atoms with E-state index in [0.29, 0.717) is 11.3 Å². The van der Waals surface area contributed by atoms with Crippen molar-refractivity contribution < 1.29 is 8.78 Å². The van der Waals surface area contributed by atoms with Crippen molar-refractivity contribution >= 4 is 5.82 Å². The molecule has 0 bridgehead atoms. The van der Waals surface area contributed by atoms with Crippen molar-refractivity contribution in [2.24, 2.45) is 5.73 Å². The Balaban J connectivity index is 3.22. The molecular formula is C8H11F2N3. The average Bonchev–Trinajstić information content (AvgIpc) is 2.03. The fourth-order valence-corrected chi connectivity index (χ4v) is 1.06. The smallest absolute Gasteiger partial charge is 0.267 e. The minimum Gasteiger partial charge on any atom is -0.383 e. The molecule has 0 aromatic carbocycles. The fourth-order valence-electron chi connectivity index (χ4n) is 1.06. The first kappa shape index (κ1) is 9.85. The van der Waals surface area contributed by atoms with E-state index in [4.69, 9.17) is 11.5 Å². The lowest BCUT2D eigenvalue weighted by molar-refractivity contribution is 0.152. The molecule has 0 atom stereocenters. The molecule has 5 heteroatoms. The molecule has 0 aliphatic rings. The summed E-state index contributed by atoms with van der Waals surface area (Å²) in [5, 5.41) is 0. The Kier molecular flexibility index (Phi) is 2.77. The van der Waals surface area contributed by atoms with Crippen molar-refractivity contribution in [2.75, 3.05) is 5.73 Å². The Labute approximate surface area is 74.8 Å². The molecule has 1 aromatic heterocycles. The Bertz CT molecular complexity index is 313. The summed E-state index contributed by atoms with van der Waals surface area (Å²) in [5.74, 6) is -0.121. The maximum atomic E-state index is 12.3. The van der Waals surface area contributed by atoms with Gasteiger partial charge in [-0.2, -0.15) is 0 Å². The molecule has 0 fully saturated rings. The molecule has 13 heavy (non-hydrogen) atoms. The second-order valence-corrected chi connectivity index (χ2v) is 2.71. The van der Waals surface area contributed by atoms with E-state index in [1.807, 2.05) is 0 Å². The summed E-state index contributed by atoms with van der Waals surface area (Å²) < 4.78 is 24.6. The highest BCUT2D eigenvalue weighted by molar-refractivity contribution is 5.44. The molecule has 3 nitrogen and oxygen atoms in total. The first-order valence-electron chi connectivity index (χ1n) is 3.80. The molecule has 1 heterocycles. The fraction of sp³-hybridized carbons (Fsp3) is 0.375. The molecule has 4 N–H and O–H groups in total. The highest BCUT2D eigenvalue weighted by Gasteiger charge is 2.14. The van der Waals surface area contributed by atoms with Crippen molar-refractivity contribution in [3.63, 3.8) is 0 Å². The van der Waals surface area contributed by atoms with Gasteiger partial charge in [-0.1, -0.05) is 0 Å². The van der Waals surface area contributed by atoms with Crippen molar-refractivity contribution in [1.29, 1.82) is 0 Å². The summed E-state index contributed by atoms with van der Waals surface area (Å²) in [6.07, 6.45) is -2.60. The van der Waals surface area contributed by atoms with Crippen molar-refractivity contribution in [3.05, 3.63) is 22.9 Å². The van der Waals surface area contributed by atoms with E-state index in [-0.39, 0.29) is 17.9 Å². The van der Waals surface area contributed by atoms with Gasteiger partial charge >= 0.3 is 0 Å². The Hall–Kier alpha value is -1.23. The highest BCUT2D eigenvalue weighted by atomic mass is 19.3. The standard InChI is InChI=1S/C8H11F2N3/c1-4-5(3-11)2-6(7(9)10)8(12)13-4/h2,7H,3,11H2,1H3,(H2,12,13). The monoisotopic (exact) mass is 187 g/mol. The van der Waals surface area contributed by atoms with Gasteiger partial charge in [0.1, 0.15) is 5.82 Å². The lowest BCUT2D eigenvalue weighted by Crippen LogP contribution is -2.06. The number of rotatable bonds is 2. The maximum Gasteiger partial charge on any atom is 0.267 e. The predicted octanol–water partition coefficient (Wildman–Crippen LogP) is 1.37. The van der Waals surface area contributed by atoms with Crippen LogP contribution in [0.15, 0.2) is 6.07 Å². The lowest BCUT2D eigenvalue weighted by Gasteiger charge is -2.08. The molecular weight excluding hydrogens is 176 g/mol. The summed E-state index contributed by atoms with van der Waals surface area (Å²) in [5.41, 5.74) is 11.6. The van der Waals surface area contributed by atoms with Crippen molar-refractivity contribution in [3.8, 4) is 0 Å². The normalized spacial score (nSPS) is 10.8. The van der Waals surface area contributed by atoms with Crippen LogP contribution < -0.4 is 11.5 Å². The lowest BCUT2D eigenvalue weighted by atomic mass is 10.1. The molecule has 1 aromatic rings. The zero-order chi connectivity index (χ0) is 10.0. The number of aryl methyl sites for hydroxylation is 1. The van der Waals surface area contributed by atoms with Crippen LogP contribution in [0.2, 0.25) is 0 Å². The number of alkyl halides is 2. The summed E-state index contributed by atoms with van der Waals surface area (Å²) in [6.45, 7) is 1.88. The van der Waals surface area contributed by atoms with Crippen LogP contribution in [0.1, 0.15) is 23.2 Å². The minimum absolute atomic E-state index is 0.121. The van der Waals surface area contributed by atoms with Crippen LogP contribution in [0.25, 0.3) is 0 Å². The van der Waals surface area contributed by atoms with Crippen LogP contribution >= 0.6 is 0 Å². The SMILES string of the molecule is Cc1nc(N)c(C(F)F)cc1CN. The van der Waals surface area contributed by atoms with E-state index in [0.717, 1.165) is 0 Å². The molecule has 0 aliphatic carbocycles. The topological polar surface area (TPSA) is 64.9 Å². The Morgan fingerprint density at radius 1 is 1.54 bits per heavy atom. The number of halogens is 2. The summed E-state index contributed by atoms with van der Waals surface area (Å²) in [7, 11) is 0. The largest absolute Gasteiger partial charge is 0.383 e. The minimum atomic E-state index is -2.60. The Morgan fingerprint density at radius 2 is 2.15 bits per heavy atom. The van der Waals surface area contributed by atoms with Crippen molar-refractivity contribution in [1.82, 2.24) is 4.98 Å². The van der Waals surface area contributed by atoms with Crippen molar-refractivity contribution in [2.45, 2.75) is 19.9 Å². The van der Waals surface area contributed by atoms with E-state index in [1.165, 1.54) is 6.07 Å². The number of pyridine rings is 1. The summed E-state index contributed by atoms with van der Waals surface area (Å²) in [6, 6.07) is 1.31. The number of hydrogen-bond donors (Lipinski definition) is 2. The van der Waals surface area contributed by atoms with Crippen LogP contribution in [0.5, 0.6) is 0 Å². The van der Waals surface area contributed by atoms with Gasteiger partial charge in [-0.3, -0.25) is 0 Å². The highest BCUT2D eigenvalue weighted by Crippen LogP contribution is 2.25. The van der Waals surface area contributed by atoms with Gasteiger partial charge in [-0.15, -0.1) is 0 Å². The van der Waals surface area contributed by atoms with Gasteiger partial charge in [-0.25, -0.2) is 13.8 Å². The van der Waals surface area contributed by atoms with Crippen LogP contribution in [-0.4, -0.2) is 4.98 Å². The van der Waals surface area contributed by atoms with Gasteiger partial charge in [0.2, 0.25) is 0 Å². The zero-order valence-corrected chi connectivity index (χ0v) is 7.22. The molecule has 72 valence electrons. The van der Waals surface area contributed by atoms with Crippen LogP contribution in [0, 0.1) is 6.92 Å². The number of nitrogen functional groups attached to an aromatic ring is 1. The Morgan fingerprint density at radius 3 is 2.62 bits per heavy atom. The molecule has 0 spiro atoms. The van der Waals surface area contributed by atoms with E-state index in [9.17, 15) is 8.78 Å². The third-order valence-corrected chi connectivity index (χ3v) is 1.83. The van der Waals surface area contributed by atoms with Gasteiger partial charge in [0.05, 0.1) is 5.56 Å². The number of nitrogens with two attached hydrogens (primary N) is 2. The van der Waals surface area contributed by atoms with Gasteiger partial charge in [0, 0.05) is 12.2 Å². The van der Waals surface area contributed by atoms with Crippen LogP contribution in [0.4, 0.5) is 14.6 Å². The molecule has 0 saturated carbocycles. The quantitative estimate of drug-likeness (QED) is 0.734. The van der Waals surface area contributed by atoms with E-state index < -0.39 is 6.43 Å². The second-order valence-electron chi connectivity index (χ2n) is 2.71. The number of nitrogens with zero attached hydrogens (tertiary/aromatic N) is 1. The first-order valence-corrected chi connectivity index (χ1v) is 3.80. The van der Waals surface area contributed by atoms with E-state index >= 15 is 0 Å². The number of hydrogen-bond acceptors (Lipinski definition) is 3. The summed E-state index contributed by atoms with van der Waals surface area (Å²) >= 11 is 0. The average molecular weight is 187 g/mol.